The van der Waals surface area contributed by atoms with Crippen molar-refractivity contribution in [2.75, 3.05) is 27.2 Å². The zero-order valence-electron chi connectivity index (χ0n) is 25.8. The molecule has 3 N–H and O–H groups in total. The summed E-state index contributed by atoms with van der Waals surface area (Å²) in [6.45, 7) is 14.2. The molecule has 0 saturated heterocycles. The monoisotopic (exact) mass is 674 g/mol. The average molecular weight is 676 g/mol. The van der Waals surface area contributed by atoms with Crippen LogP contribution in [-0.2, 0) is 12.8 Å². The summed E-state index contributed by atoms with van der Waals surface area (Å²) in [6, 6.07) is 8.38. The highest BCUT2D eigenvalue weighted by Gasteiger charge is 2.11. The summed E-state index contributed by atoms with van der Waals surface area (Å²) in [5, 5.41) is 11.3. The number of rotatable bonds is 11. The maximum atomic E-state index is 10.9. The second kappa shape index (κ2) is 17.7. The Hall–Kier alpha value is -3.15. The summed E-state index contributed by atoms with van der Waals surface area (Å²) >= 11 is 6.34. The summed E-state index contributed by atoms with van der Waals surface area (Å²) in [5.74, 6) is -0.981. The lowest BCUT2D eigenvalue weighted by atomic mass is 10.0. The van der Waals surface area contributed by atoms with E-state index in [4.69, 9.17) is 23.1 Å². The molecule has 0 aliphatic heterocycles. The van der Waals surface area contributed by atoms with E-state index in [2.05, 4.69) is 66.9 Å². The standard InChI is InChI=1S/C17H21N3O2S.C14H21N3S.BrH/c1-5-20(4)10-18-14-7-11(2)13(6-12(14)3)8-16-19-15(9-23-16)17(21)22;1-5-17(4)9-16-13-7-10(2)12(6-11(13)3)8-14(15)18;/h6-7,9-10H,5,8H2,1-4H3,(H,21,22);6-7,9H,5,8H2,1-4H3,(H2,15,18);1H. The number of aromatic carboxylic acids is 1. The van der Waals surface area contributed by atoms with Crippen molar-refractivity contribution in [3.8, 4) is 0 Å². The first kappa shape index (κ1) is 36.9. The Labute approximate surface area is 270 Å². The second-order valence-corrected chi connectivity index (χ2v) is 11.5. The summed E-state index contributed by atoms with van der Waals surface area (Å²) < 4.78 is 0. The molecule has 0 amide bonds. The normalized spacial score (nSPS) is 10.8. The lowest BCUT2D eigenvalue weighted by molar-refractivity contribution is 0.0691. The number of carboxylic acids is 1. The lowest BCUT2D eigenvalue weighted by Gasteiger charge is -2.11. The number of carboxylic acid groups (broad SMARTS) is 1. The van der Waals surface area contributed by atoms with E-state index in [0.29, 0.717) is 17.8 Å². The molecule has 228 valence electrons. The zero-order chi connectivity index (χ0) is 30.7. The summed E-state index contributed by atoms with van der Waals surface area (Å²) in [6.07, 6.45) is 4.99. The number of thiazole rings is 1. The highest BCUT2D eigenvalue weighted by atomic mass is 79.9. The Morgan fingerprint density at radius 3 is 1.83 bits per heavy atom. The van der Waals surface area contributed by atoms with Gasteiger partial charge in [-0.05, 0) is 87.1 Å². The summed E-state index contributed by atoms with van der Waals surface area (Å²) in [4.78, 5) is 28.7. The first-order chi connectivity index (χ1) is 19.3. The van der Waals surface area contributed by atoms with Crippen molar-refractivity contribution < 1.29 is 9.90 Å². The van der Waals surface area contributed by atoms with Crippen LogP contribution in [0.3, 0.4) is 0 Å². The lowest BCUT2D eigenvalue weighted by Crippen LogP contribution is -2.14. The molecule has 0 aliphatic carbocycles. The molecule has 0 saturated carbocycles. The van der Waals surface area contributed by atoms with Gasteiger partial charge in [0.15, 0.2) is 5.69 Å². The number of halogens is 1. The highest BCUT2D eigenvalue weighted by Crippen LogP contribution is 2.26. The molecular weight excluding hydrogens is 632 g/mol. The predicted molar refractivity (Wildman–Crippen MR) is 187 cm³/mol. The molecular formula is C31H43BrN6O2S2. The SMILES string of the molecule is Br.CCN(C)C=Nc1cc(C)c(CC(N)=S)cc1C.CCN(C)C=Nc1cc(C)c(Cc2nc(C(=O)O)cs2)cc1C. The van der Waals surface area contributed by atoms with Crippen LogP contribution in [-0.4, -0.2) is 70.7 Å². The Balaban J connectivity index is 0.000000423. The summed E-state index contributed by atoms with van der Waals surface area (Å²) in [7, 11) is 4.00. The van der Waals surface area contributed by atoms with Crippen molar-refractivity contribution in [1.29, 1.82) is 0 Å². The summed E-state index contributed by atoms with van der Waals surface area (Å²) in [5.41, 5.74) is 14.6. The van der Waals surface area contributed by atoms with Crippen LogP contribution in [0, 0.1) is 27.7 Å². The van der Waals surface area contributed by atoms with E-state index in [-0.39, 0.29) is 22.7 Å². The van der Waals surface area contributed by atoms with Crippen LogP contribution >= 0.6 is 40.5 Å². The van der Waals surface area contributed by atoms with Gasteiger partial charge < -0.3 is 20.6 Å². The molecule has 42 heavy (non-hydrogen) atoms. The molecule has 0 spiro atoms. The third-order valence-corrected chi connectivity index (χ3v) is 7.56. The van der Waals surface area contributed by atoms with E-state index < -0.39 is 5.97 Å². The van der Waals surface area contributed by atoms with Gasteiger partial charge in [-0.25, -0.2) is 19.8 Å². The smallest absolute Gasteiger partial charge is 0.355 e. The molecule has 11 heteroatoms. The van der Waals surface area contributed by atoms with E-state index in [0.717, 1.165) is 51.7 Å². The largest absolute Gasteiger partial charge is 0.476 e. The number of aromatic nitrogens is 1. The average Bonchev–Trinajstić information content (AvgIpc) is 3.39. The number of benzene rings is 2. The fraction of sp³-hybridized carbons (Fsp3) is 0.387. The Kier molecular flexibility index (Phi) is 15.6. The van der Waals surface area contributed by atoms with Gasteiger partial charge in [0.1, 0.15) is 0 Å². The molecule has 3 aromatic rings. The maximum absolute atomic E-state index is 10.9. The topological polar surface area (TPSA) is 107 Å². The molecule has 1 aromatic heterocycles. The van der Waals surface area contributed by atoms with Gasteiger partial charge in [-0.15, -0.1) is 28.3 Å². The van der Waals surface area contributed by atoms with Crippen LogP contribution < -0.4 is 5.73 Å². The highest BCUT2D eigenvalue weighted by molar-refractivity contribution is 8.93. The van der Waals surface area contributed by atoms with Gasteiger partial charge >= 0.3 is 5.97 Å². The molecule has 2 aromatic carbocycles. The van der Waals surface area contributed by atoms with Crippen molar-refractivity contribution in [3.05, 3.63) is 73.7 Å². The van der Waals surface area contributed by atoms with Crippen molar-refractivity contribution in [3.63, 3.8) is 0 Å². The van der Waals surface area contributed by atoms with E-state index in [1.54, 1.807) is 5.38 Å². The quantitative estimate of drug-likeness (QED) is 0.128. The van der Waals surface area contributed by atoms with E-state index in [9.17, 15) is 4.79 Å². The molecule has 0 atom stereocenters. The predicted octanol–water partition coefficient (Wildman–Crippen LogP) is 6.98. The minimum absolute atomic E-state index is 0. The fourth-order valence-corrected chi connectivity index (χ4v) is 4.65. The number of hydrogen-bond donors (Lipinski definition) is 2. The molecule has 3 rings (SSSR count). The van der Waals surface area contributed by atoms with Gasteiger partial charge in [0.05, 0.1) is 34.0 Å². The van der Waals surface area contributed by atoms with Gasteiger partial charge in [-0.1, -0.05) is 24.4 Å². The molecule has 1 heterocycles. The molecule has 0 aliphatic rings. The number of carbonyl (C=O) groups is 1. The van der Waals surface area contributed by atoms with E-state index in [1.807, 2.05) is 50.4 Å². The van der Waals surface area contributed by atoms with Gasteiger partial charge in [0.25, 0.3) is 0 Å². The molecule has 0 bridgehead atoms. The van der Waals surface area contributed by atoms with Crippen LogP contribution in [0.2, 0.25) is 0 Å². The van der Waals surface area contributed by atoms with Crippen LogP contribution in [0.1, 0.15) is 62.7 Å². The van der Waals surface area contributed by atoms with Crippen molar-refractivity contribution >= 4 is 75.5 Å². The Morgan fingerprint density at radius 2 is 1.40 bits per heavy atom. The third kappa shape index (κ3) is 11.6. The first-order valence-corrected chi connectivity index (χ1v) is 14.8. The number of nitrogens with zero attached hydrogens (tertiary/aromatic N) is 5. The number of hydrogen-bond acceptors (Lipinski definition) is 6. The number of nitrogens with two attached hydrogens (primary N) is 1. The Morgan fingerprint density at radius 1 is 0.929 bits per heavy atom. The fourth-order valence-electron chi connectivity index (χ4n) is 3.71. The van der Waals surface area contributed by atoms with E-state index in [1.165, 1.54) is 22.5 Å². The minimum atomic E-state index is -0.981. The molecule has 8 nitrogen and oxygen atoms in total. The van der Waals surface area contributed by atoms with E-state index >= 15 is 0 Å². The molecule has 0 fully saturated rings. The molecule has 0 unspecified atom stereocenters. The van der Waals surface area contributed by atoms with Crippen LogP contribution in [0.5, 0.6) is 0 Å². The van der Waals surface area contributed by atoms with Gasteiger partial charge in [0, 0.05) is 45.4 Å². The first-order valence-electron chi connectivity index (χ1n) is 13.5. The van der Waals surface area contributed by atoms with Crippen molar-refractivity contribution in [1.82, 2.24) is 14.8 Å². The van der Waals surface area contributed by atoms with Crippen LogP contribution in [0.25, 0.3) is 0 Å². The van der Waals surface area contributed by atoms with Crippen LogP contribution in [0.4, 0.5) is 11.4 Å². The second-order valence-electron chi connectivity index (χ2n) is 10.0. The maximum Gasteiger partial charge on any atom is 0.355 e. The van der Waals surface area contributed by atoms with Gasteiger partial charge in [-0.3, -0.25) is 0 Å². The van der Waals surface area contributed by atoms with Crippen molar-refractivity contribution in [2.45, 2.75) is 54.4 Å². The van der Waals surface area contributed by atoms with Crippen LogP contribution in [0.15, 0.2) is 39.6 Å². The number of thiocarbonyl (C=S) groups is 1. The zero-order valence-corrected chi connectivity index (χ0v) is 29.1. The third-order valence-electron chi connectivity index (χ3n) is 6.57. The van der Waals surface area contributed by atoms with Crippen molar-refractivity contribution in [2.24, 2.45) is 15.7 Å². The molecule has 0 radical (unpaired) electrons. The van der Waals surface area contributed by atoms with Gasteiger partial charge in [0.2, 0.25) is 0 Å². The Bertz CT molecular complexity index is 1420. The number of aliphatic imine (C=N–C) groups is 2. The van der Waals surface area contributed by atoms with Gasteiger partial charge in [-0.2, -0.15) is 0 Å². The number of aryl methyl sites for hydroxylation is 4. The minimum Gasteiger partial charge on any atom is -0.476 e.